The van der Waals surface area contributed by atoms with Crippen LogP contribution >= 0.6 is 11.6 Å². The predicted molar refractivity (Wildman–Crippen MR) is 77.3 cm³/mol. The Morgan fingerprint density at radius 3 is 2.71 bits per heavy atom. The molecule has 0 saturated heterocycles. The maximum Gasteiger partial charge on any atom is 0.337 e. The fourth-order valence-corrected chi connectivity index (χ4v) is 2.04. The van der Waals surface area contributed by atoms with Crippen molar-refractivity contribution < 1.29 is 14.8 Å². The van der Waals surface area contributed by atoms with Crippen molar-refractivity contribution in [2.45, 2.75) is 6.92 Å². The summed E-state index contributed by atoms with van der Waals surface area (Å²) in [7, 11) is 0. The van der Waals surface area contributed by atoms with Gasteiger partial charge in [-0.25, -0.2) is 9.78 Å². The number of aryl methyl sites for hydroxylation is 1. The highest BCUT2D eigenvalue weighted by Gasteiger charge is 2.19. The molecule has 7 nitrogen and oxygen atoms in total. The quantitative estimate of drug-likeness (QED) is 0.662. The van der Waals surface area contributed by atoms with Crippen LogP contribution in [0.25, 0.3) is 0 Å². The summed E-state index contributed by atoms with van der Waals surface area (Å²) in [6, 6.07) is 5.68. The van der Waals surface area contributed by atoms with Crippen LogP contribution in [0.2, 0.25) is 5.02 Å². The molecule has 0 fully saturated rings. The zero-order valence-electron chi connectivity index (χ0n) is 10.8. The summed E-state index contributed by atoms with van der Waals surface area (Å²) in [5, 5.41) is 22.8. The maximum atomic E-state index is 11.1. The standard InChI is InChI=1S/C13H10ClN3O4/c1-7-4-5-15-12(11(7)17(20)21)16-8-2-3-9(13(18)19)10(14)6-8/h2-6H,1H3,(H,15,16)(H,18,19). The van der Waals surface area contributed by atoms with Crippen LogP contribution in [0.3, 0.4) is 0 Å². The molecular formula is C13H10ClN3O4. The molecule has 1 aromatic heterocycles. The summed E-state index contributed by atoms with van der Waals surface area (Å²) in [6.07, 6.45) is 1.44. The molecule has 0 amide bonds. The minimum absolute atomic E-state index is 0.0304. The van der Waals surface area contributed by atoms with Gasteiger partial charge in [0.2, 0.25) is 5.82 Å². The summed E-state index contributed by atoms with van der Waals surface area (Å²) >= 11 is 5.85. The van der Waals surface area contributed by atoms with Gasteiger partial charge in [0.25, 0.3) is 0 Å². The van der Waals surface area contributed by atoms with E-state index in [1.54, 1.807) is 6.92 Å². The maximum absolute atomic E-state index is 11.1. The third-order valence-electron chi connectivity index (χ3n) is 2.77. The molecule has 2 aromatic rings. The lowest BCUT2D eigenvalue weighted by Gasteiger charge is -2.08. The van der Waals surface area contributed by atoms with Crippen molar-refractivity contribution in [2.75, 3.05) is 5.32 Å². The van der Waals surface area contributed by atoms with Gasteiger partial charge in [-0.1, -0.05) is 11.6 Å². The van der Waals surface area contributed by atoms with Crippen LogP contribution in [0.1, 0.15) is 15.9 Å². The highest BCUT2D eigenvalue weighted by atomic mass is 35.5. The molecule has 0 aliphatic heterocycles. The number of pyridine rings is 1. The molecule has 0 atom stereocenters. The van der Waals surface area contributed by atoms with Crippen molar-refractivity contribution in [3.8, 4) is 0 Å². The van der Waals surface area contributed by atoms with E-state index in [4.69, 9.17) is 16.7 Å². The lowest BCUT2D eigenvalue weighted by molar-refractivity contribution is -0.384. The Balaban J connectivity index is 2.39. The van der Waals surface area contributed by atoms with Gasteiger partial charge in [-0.05, 0) is 31.2 Å². The van der Waals surface area contributed by atoms with Gasteiger partial charge in [0, 0.05) is 17.4 Å². The molecule has 108 valence electrons. The van der Waals surface area contributed by atoms with Crippen molar-refractivity contribution in [3.63, 3.8) is 0 Å². The van der Waals surface area contributed by atoms with E-state index in [0.717, 1.165) is 0 Å². The number of carboxylic acids is 1. The summed E-state index contributed by atoms with van der Waals surface area (Å²) < 4.78 is 0. The number of anilines is 2. The number of carboxylic acid groups (broad SMARTS) is 1. The minimum atomic E-state index is -1.15. The fraction of sp³-hybridized carbons (Fsp3) is 0.0769. The van der Waals surface area contributed by atoms with E-state index >= 15 is 0 Å². The molecular weight excluding hydrogens is 298 g/mol. The lowest BCUT2D eigenvalue weighted by atomic mass is 10.2. The number of nitrogens with zero attached hydrogens (tertiary/aromatic N) is 2. The average Bonchev–Trinajstić information content (AvgIpc) is 2.37. The number of nitrogens with one attached hydrogen (secondary N) is 1. The molecule has 1 aromatic carbocycles. The van der Waals surface area contributed by atoms with Crippen molar-refractivity contribution in [1.29, 1.82) is 0 Å². The summed E-state index contributed by atoms with van der Waals surface area (Å²) in [5.41, 5.74) is 0.682. The first-order chi connectivity index (χ1) is 9.90. The monoisotopic (exact) mass is 307 g/mol. The Hall–Kier alpha value is -2.67. The first-order valence-corrected chi connectivity index (χ1v) is 6.18. The molecule has 21 heavy (non-hydrogen) atoms. The summed E-state index contributed by atoms with van der Waals surface area (Å²) in [4.78, 5) is 25.3. The van der Waals surface area contributed by atoms with Crippen molar-refractivity contribution in [2.24, 2.45) is 0 Å². The van der Waals surface area contributed by atoms with E-state index in [0.29, 0.717) is 11.3 Å². The van der Waals surface area contributed by atoms with Gasteiger partial charge in [-0.2, -0.15) is 0 Å². The SMILES string of the molecule is Cc1ccnc(Nc2ccc(C(=O)O)c(Cl)c2)c1[N+](=O)[O-]. The third kappa shape index (κ3) is 3.09. The van der Waals surface area contributed by atoms with E-state index in [9.17, 15) is 14.9 Å². The van der Waals surface area contributed by atoms with Gasteiger partial charge in [0.1, 0.15) is 0 Å². The number of aromatic nitrogens is 1. The largest absolute Gasteiger partial charge is 0.478 e. The normalized spacial score (nSPS) is 10.2. The van der Waals surface area contributed by atoms with Crippen molar-refractivity contribution in [1.82, 2.24) is 4.98 Å². The lowest BCUT2D eigenvalue weighted by Crippen LogP contribution is -2.02. The first-order valence-electron chi connectivity index (χ1n) is 5.80. The topological polar surface area (TPSA) is 105 Å². The molecule has 0 unspecified atom stereocenters. The van der Waals surface area contributed by atoms with Gasteiger partial charge in [0.05, 0.1) is 15.5 Å². The molecule has 0 radical (unpaired) electrons. The van der Waals surface area contributed by atoms with Crippen LogP contribution in [0.4, 0.5) is 17.2 Å². The Kier molecular flexibility index (Phi) is 4.04. The number of carbonyl (C=O) groups is 1. The first kappa shape index (κ1) is 14.7. The molecule has 1 heterocycles. The van der Waals surface area contributed by atoms with Crippen molar-refractivity contribution in [3.05, 3.63) is 56.7 Å². The molecule has 0 bridgehead atoms. The zero-order valence-corrected chi connectivity index (χ0v) is 11.6. The van der Waals surface area contributed by atoms with Crippen molar-refractivity contribution >= 4 is 34.8 Å². The number of rotatable bonds is 4. The fourth-order valence-electron chi connectivity index (χ4n) is 1.78. The van der Waals surface area contributed by atoms with E-state index in [2.05, 4.69) is 10.3 Å². The van der Waals surface area contributed by atoms with Crippen LogP contribution in [0.15, 0.2) is 30.5 Å². The molecule has 0 spiro atoms. The molecule has 0 saturated carbocycles. The predicted octanol–water partition coefficient (Wildman–Crippen LogP) is 3.39. The number of hydrogen-bond donors (Lipinski definition) is 2. The number of hydrogen-bond acceptors (Lipinski definition) is 5. The Morgan fingerprint density at radius 1 is 1.43 bits per heavy atom. The second-order valence-electron chi connectivity index (χ2n) is 4.21. The average molecular weight is 308 g/mol. The van der Waals surface area contributed by atoms with E-state index in [-0.39, 0.29) is 22.1 Å². The van der Waals surface area contributed by atoms with Crippen LogP contribution in [-0.4, -0.2) is 21.0 Å². The van der Waals surface area contributed by atoms with Gasteiger partial charge in [0.15, 0.2) is 0 Å². The van der Waals surface area contributed by atoms with Crippen LogP contribution < -0.4 is 5.32 Å². The Bertz CT molecular complexity index is 733. The Morgan fingerprint density at radius 2 is 2.14 bits per heavy atom. The Labute approximate surface area is 124 Å². The molecule has 0 aliphatic carbocycles. The number of halogens is 1. The highest BCUT2D eigenvalue weighted by molar-refractivity contribution is 6.33. The van der Waals surface area contributed by atoms with Crippen LogP contribution in [0, 0.1) is 17.0 Å². The van der Waals surface area contributed by atoms with Crippen LogP contribution in [0.5, 0.6) is 0 Å². The summed E-state index contributed by atoms with van der Waals surface area (Å²) in [6.45, 7) is 1.60. The van der Waals surface area contributed by atoms with Gasteiger partial charge < -0.3 is 10.4 Å². The summed E-state index contributed by atoms with van der Waals surface area (Å²) in [5.74, 6) is -1.08. The molecule has 0 aliphatic rings. The highest BCUT2D eigenvalue weighted by Crippen LogP contribution is 2.30. The van der Waals surface area contributed by atoms with E-state index < -0.39 is 10.9 Å². The molecule has 8 heteroatoms. The van der Waals surface area contributed by atoms with E-state index in [1.165, 1.54) is 30.5 Å². The zero-order chi connectivity index (χ0) is 15.6. The van der Waals surface area contributed by atoms with Crippen LogP contribution in [-0.2, 0) is 0 Å². The second kappa shape index (κ2) is 5.76. The number of nitro groups is 1. The minimum Gasteiger partial charge on any atom is -0.478 e. The van der Waals surface area contributed by atoms with Gasteiger partial charge in [-0.3, -0.25) is 10.1 Å². The molecule has 2 N–H and O–H groups in total. The van der Waals surface area contributed by atoms with Gasteiger partial charge in [-0.15, -0.1) is 0 Å². The smallest absolute Gasteiger partial charge is 0.337 e. The number of aromatic carboxylic acids is 1. The third-order valence-corrected chi connectivity index (χ3v) is 3.08. The number of benzene rings is 1. The molecule has 2 rings (SSSR count). The van der Waals surface area contributed by atoms with Gasteiger partial charge >= 0.3 is 11.7 Å². The second-order valence-corrected chi connectivity index (χ2v) is 4.61. The van der Waals surface area contributed by atoms with E-state index in [1.807, 2.05) is 0 Å².